The van der Waals surface area contributed by atoms with Crippen LogP contribution in [0.5, 0.6) is 0 Å². The maximum Gasteiger partial charge on any atom is 0.244 e. The average Bonchev–Trinajstić information content (AvgIpc) is 2.01. The quantitative estimate of drug-likeness (QED) is 0.581. The van der Waals surface area contributed by atoms with E-state index in [4.69, 9.17) is 10.2 Å². The Hall–Kier alpha value is -0.613. The average molecular weight is 229 g/mol. The van der Waals surface area contributed by atoms with Crippen LogP contribution in [0.2, 0.25) is 18.1 Å². The Bertz CT molecular complexity index is 254. The summed E-state index contributed by atoms with van der Waals surface area (Å²) in [6, 6.07) is 0. The van der Waals surface area contributed by atoms with E-state index in [1.165, 1.54) is 0 Å². The van der Waals surface area contributed by atoms with Gasteiger partial charge in [-0.25, -0.2) is 0 Å². The van der Waals surface area contributed by atoms with Gasteiger partial charge in [0, 0.05) is 12.2 Å². The summed E-state index contributed by atoms with van der Waals surface area (Å²) >= 11 is 0. The molecule has 3 nitrogen and oxygen atoms in total. The highest BCUT2D eigenvalue weighted by atomic mass is 28.4. The van der Waals surface area contributed by atoms with E-state index in [1.807, 2.05) is 0 Å². The number of rotatable bonds is 5. The number of amides is 1. The predicted octanol–water partition coefficient (Wildman–Crippen LogP) is 2.44. The van der Waals surface area contributed by atoms with E-state index in [-0.39, 0.29) is 5.04 Å². The summed E-state index contributed by atoms with van der Waals surface area (Å²) < 4.78 is 5.88. The zero-order chi connectivity index (χ0) is 12.3. The lowest BCUT2D eigenvalue weighted by atomic mass is 10.2. The van der Waals surface area contributed by atoms with Crippen LogP contribution in [0, 0.1) is 0 Å². The van der Waals surface area contributed by atoms with E-state index in [0.29, 0.717) is 18.6 Å². The lowest BCUT2D eigenvalue weighted by Gasteiger charge is -2.36. The van der Waals surface area contributed by atoms with Crippen molar-refractivity contribution in [2.45, 2.75) is 45.3 Å². The molecular weight excluding hydrogens is 206 g/mol. The van der Waals surface area contributed by atoms with Crippen molar-refractivity contribution in [3.8, 4) is 0 Å². The lowest BCUT2D eigenvalue weighted by Crippen LogP contribution is -2.41. The van der Waals surface area contributed by atoms with Gasteiger partial charge >= 0.3 is 0 Å². The first kappa shape index (κ1) is 14.4. The van der Waals surface area contributed by atoms with Gasteiger partial charge in [0.15, 0.2) is 8.32 Å². The SMILES string of the molecule is C=C(CCO[Si](C)(C)C(C)(C)C)C(N)=O. The van der Waals surface area contributed by atoms with Crippen LogP contribution in [0.1, 0.15) is 27.2 Å². The summed E-state index contributed by atoms with van der Waals surface area (Å²) in [5.74, 6) is -0.436. The number of carbonyl (C=O) groups excluding carboxylic acids is 1. The van der Waals surface area contributed by atoms with Crippen molar-refractivity contribution in [3.05, 3.63) is 12.2 Å². The molecule has 0 heterocycles. The van der Waals surface area contributed by atoms with Gasteiger partial charge in [-0.2, -0.15) is 0 Å². The first-order valence-corrected chi connectivity index (χ1v) is 8.10. The van der Waals surface area contributed by atoms with Crippen LogP contribution < -0.4 is 5.73 Å². The number of carbonyl (C=O) groups is 1. The number of hydrogen-bond acceptors (Lipinski definition) is 2. The highest BCUT2D eigenvalue weighted by Crippen LogP contribution is 2.36. The molecule has 0 radical (unpaired) electrons. The predicted molar refractivity (Wildman–Crippen MR) is 66.1 cm³/mol. The molecule has 0 saturated carbocycles. The van der Waals surface area contributed by atoms with Crippen LogP contribution >= 0.6 is 0 Å². The summed E-state index contributed by atoms with van der Waals surface area (Å²) in [5, 5.41) is 0.195. The van der Waals surface area contributed by atoms with Gasteiger partial charge in [0.05, 0.1) is 0 Å². The van der Waals surface area contributed by atoms with Crippen LogP contribution in [-0.4, -0.2) is 20.8 Å². The Morgan fingerprint density at radius 2 is 1.87 bits per heavy atom. The highest BCUT2D eigenvalue weighted by Gasteiger charge is 2.36. The Labute approximate surface area is 93.8 Å². The standard InChI is InChI=1S/C11H23NO2Si/c1-9(10(12)13)7-8-14-15(5,6)11(2,3)4/h1,7-8H2,2-6H3,(H2,12,13). The molecule has 0 aromatic rings. The van der Waals surface area contributed by atoms with Crippen LogP contribution in [0.3, 0.4) is 0 Å². The molecule has 0 rings (SSSR count). The summed E-state index contributed by atoms with van der Waals surface area (Å²) in [4.78, 5) is 10.7. The van der Waals surface area contributed by atoms with Crippen molar-refractivity contribution < 1.29 is 9.22 Å². The van der Waals surface area contributed by atoms with E-state index in [1.54, 1.807) is 0 Å². The first-order chi connectivity index (χ1) is 6.58. The molecule has 0 aliphatic heterocycles. The number of hydrogen-bond donors (Lipinski definition) is 1. The Morgan fingerprint density at radius 1 is 1.40 bits per heavy atom. The molecule has 0 atom stereocenters. The van der Waals surface area contributed by atoms with Crippen molar-refractivity contribution in [1.29, 1.82) is 0 Å². The van der Waals surface area contributed by atoms with E-state index >= 15 is 0 Å². The summed E-state index contributed by atoms with van der Waals surface area (Å²) in [5.41, 5.74) is 5.53. The van der Waals surface area contributed by atoms with E-state index in [2.05, 4.69) is 40.4 Å². The van der Waals surface area contributed by atoms with Crippen molar-refractivity contribution in [1.82, 2.24) is 0 Å². The fourth-order valence-corrected chi connectivity index (χ4v) is 1.81. The second-order valence-electron chi connectivity index (χ2n) is 5.33. The zero-order valence-electron chi connectivity index (χ0n) is 10.5. The molecular formula is C11H23NO2Si. The van der Waals surface area contributed by atoms with Gasteiger partial charge in [0.25, 0.3) is 0 Å². The number of primary amides is 1. The molecule has 0 spiro atoms. The molecule has 88 valence electrons. The van der Waals surface area contributed by atoms with Crippen LogP contribution in [-0.2, 0) is 9.22 Å². The topological polar surface area (TPSA) is 52.3 Å². The molecule has 0 fully saturated rings. The molecule has 0 aliphatic carbocycles. The summed E-state index contributed by atoms with van der Waals surface area (Å²) in [7, 11) is -1.70. The van der Waals surface area contributed by atoms with Crippen molar-refractivity contribution in [2.24, 2.45) is 5.73 Å². The van der Waals surface area contributed by atoms with E-state index in [0.717, 1.165) is 0 Å². The molecule has 1 amide bonds. The van der Waals surface area contributed by atoms with Gasteiger partial charge < -0.3 is 10.2 Å². The maximum atomic E-state index is 10.7. The smallest absolute Gasteiger partial charge is 0.244 e. The van der Waals surface area contributed by atoms with Crippen LogP contribution in [0.25, 0.3) is 0 Å². The fourth-order valence-electron chi connectivity index (χ4n) is 0.769. The fraction of sp³-hybridized carbons (Fsp3) is 0.727. The minimum absolute atomic E-state index is 0.195. The molecule has 0 aromatic carbocycles. The van der Waals surface area contributed by atoms with Gasteiger partial charge in [0.1, 0.15) is 0 Å². The zero-order valence-corrected chi connectivity index (χ0v) is 11.5. The molecule has 0 aliphatic rings. The maximum absolute atomic E-state index is 10.7. The lowest BCUT2D eigenvalue weighted by molar-refractivity contribution is -0.114. The van der Waals surface area contributed by atoms with Crippen molar-refractivity contribution in [2.75, 3.05) is 6.61 Å². The Balaban J connectivity index is 4.07. The van der Waals surface area contributed by atoms with Gasteiger partial charge in [-0.3, -0.25) is 4.79 Å². The molecule has 0 aromatic heterocycles. The molecule has 4 heteroatoms. The van der Waals surface area contributed by atoms with Gasteiger partial charge in [-0.15, -0.1) is 0 Å². The van der Waals surface area contributed by atoms with Gasteiger partial charge in [-0.05, 0) is 24.6 Å². The van der Waals surface area contributed by atoms with Gasteiger partial charge in [0.2, 0.25) is 5.91 Å². The third-order valence-electron chi connectivity index (χ3n) is 3.02. The normalized spacial score (nSPS) is 12.6. The third kappa shape index (κ3) is 4.62. The van der Waals surface area contributed by atoms with Gasteiger partial charge in [-0.1, -0.05) is 27.4 Å². The molecule has 0 bridgehead atoms. The second kappa shape index (κ2) is 4.94. The first-order valence-electron chi connectivity index (χ1n) is 5.19. The Kier molecular flexibility index (Phi) is 4.74. The largest absolute Gasteiger partial charge is 0.416 e. The molecule has 2 N–H and O–H groups in total. The summed E-state index contributed by atoms with van der Waals surface area (Å²) in [6.45, 7) is 15.0. The van der Waals surface area contributed by atoms with E-state index in [9.17, 15) is 4.79 Å². The summed E-state index contributed by atoms with van der Waals surface area (Å²) in [6.07, 6.45) is 0.530. The number of nitrogens with two attached hydrogens (primary N) is 1. The monoisotopic (exact) mass is 229 g/mol. The van der Waals surface area contributed by atoms with Crippen LogP contribution in [0.4, 0.5) is 0 Å². The van der Waals surface area contributed by atoms with Crippen molar-refractivity contribution in [3.63, 3.8) is 0 Å². The minimum atomic E-state index is -1.70. The third-order valence-corrected chi connectivity index (χ3v) is 7.56. The van der Waals surface area contributed by atoms with Crippen molar-refractivity contribution >= 4 is 14.2 Å². The second-order valence-corrected chi connectivity index (χ2v) is 10.1. The van der Waals surface area contributed by atoms with Crippen LogP contribution in [0.15, 0.2) is 12.2 Å². The Morgan fingerprint density at radius 3 is 2.20 bits per heavy atom. The minimum Gasteiger partial charge on any atom is -0.416 e. The molecule has 0 unspecified atom stereocenters. The molecule has 0 saturated heterocycles. The highest BCUT2D eigenvalue weighted by molar-refractivity contribution is 6.74. The molecule has 15 heavy (non-hydrogen) atoms. The van der Waals surface area contributed by atoms with E-state index < -0.39 is 14.2 Å².